The van der Waals surface area contributed by atoms with E-state index in [2.05, 4.69) is 20.4 Å². The van der Waals surface area contributed by atoms with Gasteiger partial charge in [-0.25, -0.2) is 23.7 Å². The van der Waals surface area contributed by atoms with Gasteiger partial charge in [-0.2, -0.15) is 10.2 Å². The average molecular weight is 433 g/mol. The molecule has 1 aromatic carbocycles. The van der Waals surface area contributed by atoms with Crippen molar-refractivity contribution in [3.05, 3.63) is 59.4 Å². The molecular weight excluding hydrogens is 407 g/mol. The SMILES string of the molecule is Cc1nn(-c2cc(Nc3c(C)c(-c4ccc(F)cc4)nn3CC3CC3)ncn2)c(C)c1N. The van der Waals surface area contributed by atoms with Crippen molar-refractivity contribution >= 4 is 17.3 Å². The lowest BCUT2D eigenvalue weighted by Crippen LogP contribution is -2.09. The molecule has 3 heterocycles. The number of nitrogen functional groups attached to an aromatic ring is 1. The summed E-state index contributed by atoms with van der Waals surface area (Å²) >= 11 is 0. The summed E-state index contributed by atoms with van der Waals surface area (Å²) in [5.74, 6) is 2.50. The first-order valence-electron chi connectivity index (χ1n) is 10.6. The van der Waals surface area contributed by atoms with Gasteiger partial charge in [0.05, 0.1) is 22.8 Å². The van der Waals surface area contributed by atoms with E-state index >= 15 is 0 Å². The molecule has 4 aromatic rings. The lowest BCUT2D eigenvalue weighted by Gasteiger charge is -2.11. The second-order valence-corrected chi connectivity index (χ2v) is 8.34. The fourth-order valence-electron chi connectivity index (χ4n) is 3.80. The highest BCUT2D eigenvalue weighted by Gasteiger charge is 2.25. The van der Waals surface area contributed by atoms with Crippen molar-refractivity contribution in [2.24, 2.45) is 5.92 Å². The van der Waals surface area contributed by atoms with Crippen molar-refractivity contribution in [3.63, 3.8) is 0 Å². The van der Waals surface area contributed by atoms with E-state index in [4.69, 9.17) is 10.8 Å². The number of anilines is 3. The maximum Gasteiger partial charge on any atom is 0.159 e. The van der Waals surface area contributed by atoms with Gasteiger partial charge < -0.3 is 11.1 Å². The summed E-state index contributed by atoms with van der Waals surface area (Å²) in [7, 11) is 0. The Labute approximate surface area is 185 Å². The number of aromatic nitrogens is 6. The maximum atomic E-state index is 13.4. The van der Waals surface area contributed by atoms with E-state index in [0.717, 1.165) is 40.6 Å². The standard InChI is InChI=1S/C23H25FN8/c1-13-22(17-6-8-18(24)9-7-17)30-31(11-16-4-5-16)23(13)28-19-10-20(27-12-26-19)32-15(3)21(25)14(2)29-32/h6-10,12,16H,4-5,11,25H2,1-3H3,(H,26,27,28). The zero-order valence-corrected chi connectivity index (χ0v) is 18.3. The molecule has 5 rings (SSSR count). The number of nitrogens with two attached hydrogens (primary N) is 1. The van der Waals surface area contributed by atoms with Gasteiger partial charge in [0.1, 0.15) is 23.8 Å². The molecule has 0 aliphatic heterocycles. The summed E-state index contributed by atoms with van der Waals surface area (Å²) in [6.45, 7) is 6.63. The fourth-order valence-corrected chi connectivity index (χ4v) is 3.80. The number of rotatable bonds is 6. The third-order valence-electron chi connectivity index (χ3n) is 5.90. The summed E-state index contributed by atoms with van der Waals surface area (Å²) in [4.78, 5) is 8.77. The summed E-state index contributed by atoms with van der Waals surface area (Å²) < 4.78 is 17.1. The van der Waals surface area contributed by atoms with E-state index < -0.39 is 0 Å². The number of hydrogen-bond donors (Lipinski definition) is 2. The van der Waals surface area contributed by atoms with Crippen LogP contribution in [-0.2, 0) is 6.54 Å². The van der Waals surface area contributed by atoms with Crippen molar-refractivity contribution in [1.29, 1.82) is 0 Å². The van der Waals surface area contributed by atoms with Crippen molar-refractivity contribution in [3.8, 4) is 17.1 Å². The molecule has 0 bridgehead atoms. The molecular formula is C23H25FN8. The Bertz CT molecular complexity index is 1280. The Morgan fingerprint density at radius 3 is 2.50 bits per heavy atom. The first-order chi connectivity index (χ1) is 15.4. The van der Waals surface area contributed by atoms with Crippen LogP contribution in [0.2, 0.25) is 0 Å². The minimum absolute atomic E-state index is 0.263. The van der Waals surface area contributed by atoms with Gasteiger partial charge >= 0.3 is 0 Å². The number of nitrogens with zero attached hydrogens (tertiary/aromatic N) is 6. The smallest absolute Gasteiger partial charge is 0.159 e. The van der Waals surface area contributed by atoms with Gasteiger partial charge in [0.2, 0.25) is 0 Å². The highest BCUT2D eigenvalue weighted by atomic mass is 19.1. The van der Waals surface area contributed by atoms with E-state index in [0.29, 0.717) is 23.2 Å². The van der Waals surface area contributed by atoms with Gasteiger partial charge in [-0.15, -0.1) is 0 Å². The van der Waals surface area contributed by atoms with E-state index in [1.807, 2.05) is 31.5 Å². The minimum atomic E-state index is -0.263. The molecule has 8 nitrogen and oxygen atoms in total. The molecule has 0 saturated heterocycles. The topological polar surface area (TPSA) is 99.5 Å². The molecule has 0 amide bonds. The van der Waals surface area contributed by atoms with E-state index in [1.54, 1.807) is 16.8 Å². The van der Waals surface area contributed by atoms with Gasteiger partial charge in [0, 0.05) is 23.7 Å². The summed E-state index contributed by atoms with van der Waals surface area (Å²) in [6.07, 6.45) is 3.92. The van der Waals surface area contributed by atoms with Crippen LogP contribution in [0.25, 0.3) is 17.1 Å². The highest BCUT2D eigenvalue weighted by Crippen LogP contribution is 2.35. The number of hydrogen-bond acceptors (Lipinski definition) is 6. The largest absolute Gasteiger partial charge is 0.396 e. The van der Waals surface area contributed by atoms with Crippen molar-refractivity contribution < 1.29 is 4.39 Å². The average Bonchev–Trinajstić information content (AvgIpc) is 3.51. The van der Waals surface area contributed by atoms with Crippen LogP contribution >= 0.6 is 0 Å². The van der Waals surface area contributed by atoms with E-state index in [1.165, 1.54) is 31.3 Å². The second kappa shape index (κ2) is 7.74. The fraction of sp³-hybridized carbons (Fsp3) is 0.304. The molecule has 9 heteroatoms. The van der Waals surface area contributed by atoms with E-state index in [9.17, 15) is 4.39 Å². The lowest BCUT2D eigenvalue weighted by molar-refractivity contribution is 0.571. The number of nitrogens with one attached hydrogen (secondary N) is 1. The zero-order valence-electron chi connectivity index (χ0n) is 18.3. The first kappa shape index (κ1) is 20.2. The number of benzene rings is 1. The van der Waals surface area contributed by atoms with Crippen LogP contribution in [-0.4, -0.2) is 29.5 Å². The Balaban J connectivity index is 1.52. The van der Waals surface area contributed by atoms with Crippen LogP contribution < -0.4 is 11.1 Å². The quantitative estimate of drug-likeness (QED) is 0.471. The highest BCUT2D eigenvalue weighted by molar-refractivity contribution is 5.71. The molecule has 3 aromatic heterocycles. The second-order valence-electron chi connectivity index (χ2n) is 8.34. The molecule has 32 heavy (non-hydrogen) atoms. The predicted molar refractivity (Wildman–Crippen MR) is 121 cm³/mol. The van der Waals surface area contributed by atoms with Crippen LogP contribution in [0.5, 0.6) is 0 Å². The Kier molecular flexibility index (Phi) is 4.88. The Morgan fingerprint density at radius 1 is 1.09 bits per heavy atom. The minimum Gasteiger partial charge on any atom is -0.396 e. The van der Waals surface area contributed by atoms with Gasteiger partial charge in [-0.05, 0) is 63.8 Å². The molecule has 0 atom stereocenters. The molecule has 3 N–H and O–H groups in total. The van der Waals surface area contributed by atoms with Gasteiger partial charge in [-0.1, -0.05) is 0 Å². The van der Waals surface area contributed by atoms with Gasteiger partial charge in [-0.3, -0.25) is 0 Å². The summed E-state index contributed by atoms with van der Waals surface area (Å²) in [5, 5.41) is 12.8. The molecule has 1 aliphatic rings. The third kappa shape index (κ3) is 3.70. The predicted octanol–water partition coefficient (Wildman–Crippen LogP) is 4.33. The molecule has 1 fully saturated rings. The molecule has 1 aliphatic carbocycles. The van der Waals surface area contributed by atoms with Crippen LogP contribution in [0.1, 0.15) is 29.8 Å². The molecule has 1 saturated carbocycles. The maximum absolute atomic E-state index is 13.4. The van der Waals surface area contributed by atoms with Crippen molar-refractivity contribution in [2.45, 2.75) is 40.2 Å². The molecule has 164 valence electrons. The summed E-state index contributed by atoms with van der Waals surface area (Å²) in [5.41, 5.74) is 11.0. The molecule has 0 spiro atoms. The molecule has 0 unspecified atom stereocenters. The van der Waals surface area contributed by atoms with Crippen molar-refractivity contribution in [2.75, 3.05) is 11.1 Å². The van der Waals surface area contributed by atoms with Crippen LogP contribution in [0, 0.1) is 32.5 Å². The third-order valence-corrected chi connectivity index (χ3v) is 5.90. The van der Waals surface area contributed by atoms with Gasteiger partial charge in [0.15, 0.2) is 5.82 Å². The Hall–Kier alpha value is -3.75. The normalized spacial score (nSPS) is 13.5. The first-order valence-corrected chi connectivity index (χ1v) is 10.6. The monoisotopic (exact) mass is 432 g/mol. The van der Waals surface area contributed by atoms with Crippen LogP contribution in [0.15, 0.2) is 36.7 Å². The number of halogens is 1. The van der Waals surface area contributed by atoms with Crippen LogP contribution in [0.4, 0.5) is 21.7 Å². The van der Waals surface area contributed by atoms with Crippen molar-refractivity contribution in [1.82, 2.24) is 29.5 Å². The Morgan fingerprint density at radius 2 is 1.84 bits per heavy atom. The van der Waals surface area contributed by atoms with Gasteiger partial charge in [0.25, 0.3) is 0 Å². The van der Waals surface area contributed by atoms with E-state index in [-0.39, 0.29) is 5.82 Å². The number of aryl methyl sites for hydroxylation is 1. The zero-order chi connectivity index (χ0) is 22.4. The molecule has 0 radical (unpaired) electrons. The lowest BCUT2D eigenvalue weighted by atomic mass is 10.1. The summed E-state index contributed by atoms with van der Waals surface area (Å²) in [6, 6.07) is 8.26. The van der Waals surface area contributed by atoms with Crippen LogP contribution in [0.3, 0.4) is 0 Å².